The summed E-state index contributed by atoms with van der Waals surface area (Å²) in [5, 5.41) is 18.9. The molecule has 0 bridgehead atoms. The first kappa shape index (κ1) is 15.9. The zero-order valence-electron chi connectivity index (χ0n) is 12.2. The first-order valence-electron chi connectivity index (χ1n) is 6.83. The fourth-order valence-electron chi connectivity index (χ4n) is 2.65. The molecule has 6 heteroatoms. The van der Waals surface area contributed by atoms with Crippen molar-refractivity contribution in [3.05, 3.63) is 29.6 Å². The highest BCUT2D eigenvalue weighted by molar-refractivity contribution is 6.00. The van der Waals surface area contributed by atoms with E-state index in [0.29, 0.717) is 13.1 Å². The largest absolute Gasteiger partial charge is 0.507 e. The summed E-state index contributed by atoms with van der Waals surface area (Å²) < 4.78 is 18.9. The van der Waals surface area contributed by atoms with Crippen molar-refractivity contribution in [1.29, 1.82) is 0 Å². The van der Waals surface area contributed by atoms with Gasteiger partial charge in [-0.1, -0.05) is 0 Å². The highest BCUT2D eigenvalue weighted by Gasteiger charge is 2.34. The molecule has 1 saturated heterocycles. The van der Waals surface area contributed by atoms with E-state index in [0.717, 1.165) is 12.1 Å². The van der Waals surface area contributed by atoms with Crippen molar-refractivity contribution >= 4 is 5.78 Å². The zero-order chi connectivity index (χ0) is 15.6. The number of nitrogens with zero attached hydrogens (tertiary/aromatic N) is 1. The lowest BCUT2D eigenvalue weighted by molar-refractivity contribution is -0.146. The molecule has 0 saturated carbocycles. The summed E-state index contributed by atoms with van der Waals surface area (Å²) in [4.78, 5) is 14.1. The average molecular weight is 297 g/mol. The molecule has 0 aliphatic carbocycles. The second-order valence-corrected chi connectivity index (χ2v) is 5.94. The first-order chi connectivity index (χ1) is 9.80. The van der Waals surface area contributed by atoms with Crippen LogP contribution in [0, 0.1) is 5.82 Å². The summed E-state index contributed by atoms with van der Waals surface area (Å²) >= 11 is 0. The molecule has 1 aromatic rings. The molecule has 2 N–H and O–H groups in total. The maximum absolute atomic E-state index is 13.2. The number of hydrogen-bond donors (Lipinski definition) is 2. The van der Waals surface area contributed by atoms with Gasteiger partial charge in [-0.2, -0.15) is 0 Å². The standard InChI is InChI=1S/C15H20FNO4/c1-15(2)9-17(6-11(8-18)21-15)7-14(20)12-5-10(16)3-4-13(12)19/h3-5,11,18-19H,6-9H2,1-2H3. The van der Waals surface area contributed by atoms with Crippen LogP contribution >= 0.6 is 0 Å². The molecule has 0 radical (unpaired) electrons. The number of rotatable bonds is 4. The van der Waals surface area contributed by atoms with Gasteiger partial charge in [0.15, 0.2) is 5.78 Å². The van der Waals surface area contributed by atoms with Crippen LogP contribution in [-0.2, 0) is 4.74 Å². The van der Waals surface area contributed by atoms with Gasteiger partial charge in [-0.15, -0.1) is 0 Å². The van der Waals surface area contributed by atoms with E-state index in [4.69, 9.17) is 4.74 Å². The molecule has 0 aromatic heterocycles. The number of benzene rings is 1. The minimum Gasteiger partial charge on any atom is -0.507 e. The number of aliphatic hydroxyl groups excluding tert-OH is 1. The topological polar surface area (TPSA) is 70.0 Å². The molecule has 1 unspecified atom stereocenters. The number of carbonyl (C=O) groups excluding carboxylic acids is 1. The van der Waals surface area contributed by atoms with Crippen LogP contribution in [0.5, 0.6) is 5.75 Å². The van der Waals surface area contributed by atoms with Gasteiger partial charge in [0.2, 0.25) is 0 Å². The molecule has 1 heterocycles. The Morgan fingerprint density at radius 1 is 1.52 bits per heavy atom. The van der Waals surface area contributed by atoms with Gasteiger partial charge in [0.25, 0.3) is 0 Å². The predicted molar refractivity (Wildman–Crippen MR) is 74.9 cm³/mol. The van der Waals surface area contributed by atoms with Crippen molar-refractivity contribution in [1.82, 2.24) is 4.90 Å². The summed E-state index contributed by atoms with van der Waals surface area (Å²) in [5.41, 5.74) is -0.504. The van der Waals surface area contributed by atoms with Crippen LogP contribution in [0.1, 0.15) is 24.2 Å². The number of carbonyl (C=O) groups is 1. The Morgan fingerprint density at radius 2 is 2.24 bits per heavy atom. The molecular weight excluding hydrogens is 277 g/mol. The number of ketones is 1. The second-order valence-electron chi connectivity index (χ2n) is 5.94. The third-order valence-electron chi connectivity index (χ3n) is 3.38. The van der Waals surface area contributed by atoms with Gasteiger partial charge < -0.3 is 14.9 Å². The van der Waals surface area contributed by atoms with Crippen LogP contribution < -0.4 is 0 Å². The lowest BCUT2D eigenvalue weighted by Gasteiger charge is -2.42. The smallest absolute Gasteiger partial charge is 0.180 e. The lowest BCUT2D eigenvalue weighted by atomic mass is 10.0. The summed E-state index contributed by atoms with van der Waals surface area (Å²) in [6, 6.07) is 3.31. The van der Waals surface area contributed by atoms with Crippen LogP contribution in [0.3, 0.4) is 0 Å². The fraction of sp³-hybridized carbons (Fsp3) is 0.533. The van der Waals surface area contributed by atoms with Crippen LogP contribution in [0.25, 0.3) is 0 Å². The van der Waals surface area contributed by atoms with Gasteiger partial charge in [0.05, 0.1) is 30.4 Å². The number of aromatic hydroxyl groups is 1. The van der Waals surface area contributed by atoms with Crippen molar-refractivity contribution in [3.8, 4) is 5.75 Å². The summed E-state index contributed by atoms with van der Waals surface area (Å²) in [6.07, 6.45) is -0.359. The number of aliphatic hydroxyl groups is 1. The SMILES string of the molecule is CC1(C)CN(CC(=O)c2cc(F)ccc2O)CC(CO)O1. The molecule has 5 nitrogen and oxygen atoms in total. The highest BCUT2D eigenvalue weighted by atomic mass is 19.1. The Morgan fingerprint density at radius 3 is 2.90 bits per heavy atom. The van der Waals surface area contributed by atoms with Crippen molar-refractivity contribution in [2.45, 2.75) is 25.6 Å². The Balaban J connectivity index is 2.10. The Kier molecular flexibility index (Phi) is 4.61. The van der Waals surface area contributed by atoms with Gasteiger partial charge in [-0.25, -0.2) is 4.39 Å². The molecule has 1 fully saturated rings. The molecule has 21 heavy (non-hydrogen) atoms. The maximum Gasteiger partial charge on any atom is 0.180 e. The van der Waals surface area contributed by atoms with Gasteiger partial charge in [-0.05, 0) is 32.0 Å². The third kappa shape index (κ3) is 4.00. The van der Waals surface area contributed by atoms with E-state index < -0.39 is 11.4 Å². The summed E-state index contributed by atoms with van der Waals surface area (Å²) in [6.45, 7) is 4.62. The van der Waals surface area contributed by atoms with Crippen LogP contribution in [0.4, 0.5) is 4.39 Å². The molecule has 0 spiro atoms. The number of ether oxygens (including phenoxy) is 1. The monoisotopic (exact) mass is 297 g/mol. The molecular formula is C15H20FNO4. The lowest BCUT2D eigenvalue weighted by Crippen LogP contribution is -2.54. The summed E-state index contributed by atoms with van der Waals surface area (Å²) in [7, 11) is 0. The van der Waals surface area contributed by atoms with Crippen LogP contribution in [0.15, 0.2) is 18.2 Å². The molecule has 1 atom stereocenters. The fourth-order valence-corrected chi connectivity index (χ4v) is 2.65. The molecule has 116 valence electrons. The first-order valence-corrected chi connectivity index (χ1v) is 6.83. The summed E-state index contributed by atoms with van der Waals surface area (Å²) in [5.74, 6) is -1.15. The highest BCUT2D eigenvalue weighted by Crippen LogP contribution is 2.23. The normalized spacial score (nSPS) is 22.2. The van der Waals surface area contributed by atoms with Crippen molar-refractivity contribution in [2.24, 2.45) is 0 Å². The van der Waals surface area contributed by atoms with Gasteiger partial charge in [0, 0.05) is 13.1 Å². The maximum atomic E-state index is 13.2. The van der Waals surface area contributed by atoms with E-state index in [1.54, 1.807) is 0 Å². The van der Waals surface area contributed by atoms with Crippen LogP contribution in [0.2, 0.25) is 0 Å². The predicted octanol–water partition coefficient (Wildman–Crippen LogP) is 1.19. The van der Waals surface area contributed by atoms with Gasteiger partial charge in [0.1, 0.15) is 11.6 Å². The van der Waals surface area contributed by atoms with Crippen molar-refractivity contribution < 1.29 is 24.1 Å². The van der Waals surface area contributed by atoms with Crippen LogP contribution in [-0.4, -0.2) is 58.8 Å². The molecule has 1 aliphatic rings. The molecule has 2 rings (SSSR count). The average Bonchev–Trinajstić information content (AvgIpc) is 2.39. The number of hydrogen-bond acceptors (Lipinski definition) is 5. The Labute approximate surface area is 122 Å². The Hall–Kier alpha value is -1.50. The minimum absolute atomic E-state index is 0.0279. The van der Waals surface area contributed by atoms with E-state index in [1.807, 2.05) is 18.7 Å². The van der Waals surface area contributed by atoms with Crippen molar-refractivity contribution in [3.63, 3.8) is 0 Å². The molecule has 0 amide bonds. The molecule has 1 aromatic carbocycles. The van der Waals surface area contributed by atoms with E-state index >= 15 is 0 Å². The third-order valence-corrected chi connectivity index (χ3v) is 3.38. The van der Waals surface area contributed by atoms with Gasteiger partial charge in [-0.3, -0.25) is 9.69 Å². The number of phenols is 1. The van der Waals surface area contributed by atoms with Gasteiger partial charge >= 0.3 is 0 Å². The van der Waals surface area contributed by atoms with E-state index in [-0.39, 0.29) is 36.4 Å². The van der Waals surface area contributed by atoms with E-state index in [9.17, 15) is 19.4 Å². The number of phenolic OH excluding ortho intramolecular Hbond substituents is 1. The number of Topliss-reactive ketones (excluding diaryl/α,β-unsaturated/α-hetero) is 1. The molecule has 1 aliphatic heterocycles. The van der Waals surface area contributed by atoms with Crippen molar-refractivity contribution in [2.75, 3.05) is 26.2 Å². The number of morpholine rings is 1. The Bertz CT molecular complexity index is 532. The minimum atomic E-state index is -0.563. The zero-order valence-corrected chi connectivity index (χ0v) is 12.2. The second kappa shape index (κ2) is 6.09. The quantitative estimate of drug-likeness (QED) is 0.817. The van der Waals surface area contributed by atoms with E-state index in [1.165, 1.54) is 6.07 Å². The number of halogens is 1. The van der Waals surface area contributed by atoms with E-state index in [2.05, 4.69) is 0 Å².